The lowest BCUT2D eigenvalue weighted by atomic mass is 10.0. The van der Waals surface area contributed by atoms with Gasteiger partial charge >= 0.3 is 5.97 Å². The van der Waals surface area contributed by atoms with E-state index in [1.54, 1.807) is 0 Å². The number of carbonyl (C=O) groups is 2. The summed E-state index contributed by atoms with van der Waals surface area (Å²) in [7, 11) is 0. The Balaban J connectivity index is 1.49. The van der Waals surface area contributed by atoms with Crippen LogP contribution in [0.25, 0.3) is 0 Å². The highest BCUT2D eigenvalue weighted by molar-refractivity contribution is 6.03. The molecule has 3 aromatic rings. The molecule has 3 atom stereocenters. The topological polar surface area (TPSA) is 71.3 Å². The summed E-state index contributed by atoms with van der Waals surface area (Å²) >= 11 is 0. The van der Waals surface area contributed by atoms with Crippen molar-refractivity contribution in [1.82, 2.24) is 4.57 Å². The first-order valence-electron chi connectivity index (χ1n) is 12.3. The molecule has 0 aliphatic heterocycles. The number of carboxylic acid groups (broad SMARTS) is 1. The zero-order valence-corrected chi connectivity index (χ0v) is 20.3. The highest BCUT2D eigenvalue weighted by Gasteiger charge is 2.44. The molecule has 1 fully saturated rings. The molecule has 1 aromatic heterocycles. The average Bonchev–Trinajstić information content (AvgIpc) is 3.52. The summed E-state index contributed by atoms with van der Waals surface area (Å²) in [5, 5.41) is 12.4. The van der Waals surface area contributed by atoms with Crippen molar-refractivity contribution >= 4 is 17.6 Å². The number of aromatic nitrogens is 1. The predicted molar refractivity (Wildman–Crippen MR) is 136 cm³/mol. The van der Waals surface area contributed by atoms with Crippen LogP contribution in [0, 0.1) is 12.8 Å². The van der Waals surface area contributed by atoms with Gasteiger partial charge < -0.3 is 15.0 Å². The lowest BCUT2D eigenvalue weighted by molar-refractivity contribution is -0.138. The van der Waals surface area contributed by atoms with Crippen molar-refractivity contribution in [2.45, 2.75) is 64.8 Å². The standard InChI is InChI=1S/C29H34N2O3/c1-4-20(3)31-24(12-8-11-21-9-6-5-7-10-21)13-14-27(31)28(32)30-23-16-19(2)15-22(17-23)25-18-26(25)29(33)34/h5-7,9-10,13-17,20,25-26H,4,8,11-12,18H2,1-3H3,(H,30,32)(H,33,34)/t20-,25?,26?/m0/s1. The lowest BCUT2D eigenvalue weighted by Crippen LogP contribution is -2.20. The number of aliphatic carboxylic acids is 1. The van der Waals surface area contributed by atoms with Gasteiger partial charge in [-0.15, -0.1) is 0 Å². The van der Waals surface area contributed by atoms with Gasteiger partial charge in [0, 0.05) is 17.4 Å². The molecule has 1 aliphatic rings. The molecule has 1 heterocycles. The van der Waals surface area contributed by atoms with Gasteiger partial charge in [0.05, 0.1) is 5.92 Å². The van der Waals surface area contributed by atoms with Crippen LogP contribution in [0.1, 0.15) is 77.9 Å². The Morgan fingerprint density at radius 3 is 2.53 bits per heavy atom. The van der Waals surface area contributed by atoms with Gasteiger partial charge in [-0.25, -0.2) is 0 Å². The maximum Gasteiger partial charge on any atom is 0.307 e. The summed E-state index contributed by atoms with van der Waals surface area (Å²) in [5.74, 6) is -1.15. The van der Waals surface area contributed by atoms with Crippen LogP contribution in [0.3, 0.4) is 0 Å². The molecule has 1 saturated carbocycles. The van der Waals surface area contributed by atoms with Crippen LogP contribution in [0.4, 0.5) is 5.69 Å². The van der Waals surface area contributed by atoms with E-state index in [4.69, 9.17) is 0 Å². The third kappa shape index (κ3) is 5.41. The van der Waals surface area contributed by atoms with Crippen molar-refractivity contribution in [1.29, 1.82) is 0 Å². The minimum absolute atomic E-state index is 0.0354. The number of hydrogen-bond acceptors (Lipinski definition) is 2. The summed E-state index contributed by atoms with van der Waals surface area (Å²) in [6.07, 6.45) is 4.56. The number of amides is 1. The molecule has 178 valence electrons. The van der Waals surface area contributed by atoms with E-state index in [1.807, 2.05) is 37.3 Å². The van der Waals surface area contributed by atoms with E-state index in [0.717, 1.165) is 42.5 Å². The fourth-order valence-electron chi connectivity index (χ4n) is 4.83. The zero-order valence-electron chi connectivity index (χ0n) is 20.3. The van der Waals surface area contributed by atoms with Gasteiger partial charge in [-0.3, -0.25) is 9.59 Å². The van der Waals surface area contributed by atoms with Crippen LogP contribution >= 0.6 is 0 Å². The van der Waals surface area contributed by atoms with Crippen molar-refractivity contribution in [3.05, 3.63) is 88.7 Å². The highest BCUT2D eigenvalue weighted by Crippen LogP contribution is 2.48. The third-order valence-corrected chi connectivity index (χ3v) is 6.90. The minimum atomic E-state index is -0.747. The first-order valence-corrected chi connectivity index (χ1v) is 12.3. The molecular weight excluding hydrogens is 424 g/mol. The van der Waals surface area contributed by atoms with E-state index in [1.165, 1.54) is 11.3 Å². The molecule has 0 spiro atoms. The van der Waals surface area contributed by atoms with E-state index < -0.39 is 5.97 Å². The Hall–Kier alpha value is -3.34. The Labute approximate surface area is 201 Å². The second-order valence-corrected chi connectivity index (χ2v) is 9.55. The number of carbonyl (C=O) groups excluding carboxylic acids is 1. The second kappa shape index (κ2) is 10.3. The number of aryl methyl sites for hydroxylation is 3. The minimum Gasteiger partial charge on any atom is -0.481 e. The fourth-order valence-corrected chi connectivity index (χ4v) is 4.83. The summed E-state index contributed by atoms with van der Waals surface area (Å²) in [4.78, 5) is 24.6. The van der Waals surface area contributed by atoms with Gasteiger partial charge in [-0.2, -0.15) is 0 Å². The average molecular weight is 459 g/mol. The van der Waals surface area contributed by atoms with Crippen molar-refractivity contribution in [3.63, 3.8) is 0 Å². The maximum absolute atomic E-state index is 13.3. The lowest BCUT2D eigenvalue weighted by Gasteiger charge is -2.20. The van der Waals surface area contributed by atoms with E-state index in [9.17, 15) is 14.7 Å². The summed E-state index contributed by atoms with van der Waals surface area (Å²) in [5.41, 5.74) is 5.91. The van der Waals surface area contributed by atoms with Crippen molar-refractivity contribution in [2.24, 2.45) is 5.92 Å². The van der Waals surface area contributed by atoms with Crippen LogP contribution < -0.4 is 5.32 Å². The monoisotopic (exact) mass is 458 g/mol. The Morgan fingerprint density at radius 2 is 1.85 bits per heavy atom. The molecule has 0 saturated heterocycles. The van der Waals surface area contributed by atoms with Gasteiger partial charge in [0.15, 0.2) is 0 Å². The summed E-state index contributed by atoms with van der Waals surface area (Å²) in [6.45, 7) is 6.27. The molecule has 2 aromatic carbocycles. The van der Waals surface area contributed by atoms with Crippen LogP contribution in [0.15, 0.2) is 60.7 Å². The molecule has 0 radical (unpaired) electrons. The van der Waals surface area contributed by atoms with Gasteiger partial charge in [0.25, 0.3) is 5.91 Å². The SMILES string of the molecule is CC[C@H](C)n1c(CCCc2ccccc2)ccc1C(=O)Nc1cc(C)cc(C2CC2C(=O)O)c1. The first-order chi connectivity index (χ1) is 16.4. The second-order valence-electron chi connectivity index (χ2n) is 9.55. The maximum atomic E-state index is 13.3. The van der Waals surface area contributed by atoms with Crippen LogP contribution in [0.5, 0.6) is 0 Å². The van der Waals surface area contributed by atoms with Crippen LogP contribution in [-0.2, 0) is 17.6 Å². The predicted octanol–water partition coefficient (Wildman–Crippen LogP) is 6.38. The molecule has 2 N–H and O–H groups in total. The smallest absolute Gasteiger partial charge is 0.307 e. The van der Waals surface area contributed by atoms with E-state index in [0.29, 0.717) is 12.1 Å². The van der Waals surface area contributed by atoms with Crippen molar-refractivity contribution in [3.8, 4) is 0 Å². The van der Waals surface area contributed by atoms with Crippen LogP contribution in [0.2, 0.25) is 0 Å². The van der Waals surface area contributed by atoms with E-state index >= 15 is 0 Å². The van der Waals surface area contributed by atoms with Gasteiger partial charge in [-0.1, -0.05) is 43.3 Å². The van der Waals surface area contributed by atoms with Gasteiger partial charge in [0.2, 0.25) is 0 Å². The molecule has 1 amide bonds. The number of nitrogens with zero attached hydrogens (tertiary/aromatic N) is 1. The molecule has 5 heteroatoms. The van der Waals surface area contributed by atoms with Gasteiger partial charge in [0.1, 0.15) is 5.69 Å². The van der Waals surface area contributed by atoms with E-state index in [-0.39, 0.29) is 23.8 Å². The Morgan fingerprint density at radius 1 is 1.09 bits per heavy atom. The van der Waals surface area contributed by atoms with Gasteiger partial charge in [-0.05, 0) is 92.8 Å². The molecular formula is C29H34N2O3. The molecule has 0 bridgehead atoms. The molecule has 1 aliphatic carbocycles. The largest absolute Gasteiger partial charge is 0.481 e. The quantitative estimate of drug-likeness (QED) is 0.370. The number of anilines is 1. The van der Waals surface area contributed by atoms with Crippen molar-refractivity contribution in [2.75, 3.05) is 5.32 Å². The fraction of sp³-hybridized carbons (Fsp3) is 0.379. The van der Waals surface area contributed by atoms with Crippen LogP contribution in [-0.4, -0.2) is 21.6 Å². The number of benzene rings is 2. The third-order valence-electron chi connectivity index (χ3n) is 6.90. The summed E-state index contributed by atoms with van der Waals surface area (Å²) < 4.78 is 2.18. The number of nitrogens with one attached hydrogen (secondary N) is 1. The molecule has 4 rings (SSSR count). The van der Waals surface area contributed by atoms with Crippen molar-refractivity contribution < 1.29 is 14.7 Å². The normalized spacial score (nSPS) is 17.9. The zero-order chi connectivity index (χ0) is 24.2. The molecule has 5 nitrogen and oxygen atoms in total. The molecule has 34 heavy (non-hydrogen) atoms. The first kappa shape index (κ1) is 23.8. The number of carboxylic acids is 1. The number of hydrogen-bond donors (Lipinski definition) is 2. The Kier molecular flexibility index (Phi) is 7.20. The number of rotatable bonds is 10. The molecule has 2 unspecified atom stereocenters. The summed E-state index contributed by atoms with van der Waals surface area (Å²) in [6, 6.07) is 20.6. The highest BCUT2D eigenvalue weighted by atomic mass is 16.4. The Bertz CT molecular complexity index is 1170. The van der Waals surface area contributed by atoms with E-state index in [2.05, 4.69) is 54.1 Å².